The first-order valence-electron chi connectivity index (χ1n) is 5.62. The molecule has 1 atom stereocenters. The van der Waals surface area contributed by atoms with Crippen molar-refractivity contribution < 1.29 is 9.53 Å². The summed E-state index contributed by atoms with van der Waals surface area (Å²) in [5.41, 5.74) is 1.34. The summed E-state index contributed by atoms with van der Waals surface area (Å²) < 4.78 is 5.10. The smallest absolute Gasteiger partial charge is 0.338 e. The lowest BCUT2D eigenvalue weighted by atomic mass is 10.0. The van der Waals surface area contributed by atoms with E-state index in [2.05, 4.69) is 10.6 Å². The highest BCUT2D eigenvalue weighted by molar-refractivity contribution is 7.80. The molecule has 0 aliphatic carbocycles. The van der Waals surface area contributed by atoms with Gasteiger partial charge in [-0.1, -0.05) is 6.07 Å². The first-order chi connectivity index (χ1) is 8.63. The minimum Gasteiger partial charge on any atom is -0.463 e. The summed E-state index contributed by atoms with van der Waals surface area (Å²) in [6.45, 7) is 3.99. The van der Waals surface area contributed by atoms with Crippen molar-refractivity contribution in [2.45, 2.75) is 19.9 Å². The molecule has 1 aromatic rings. The van der Waals surface area contributed by atoms with Gasteiger partial charge in [-0.25, -0.2) is 4.79 Å². The van der Waals surface area contributed by atoms with Gasteiger partial charge in [0, 0.05) is 10.6 Å². The maximum Gasteiger partial charge on any atom is 0.338 e. The van der Waals surface area contributed by atoms with E-state index in [0.717, 1.165) is 10.6 Å². The molecule has 0 unspecified atom stereocenters. The summed E-state index contributed by atoms with van der Waals surface area (Å²) in [6, 6.07) is 3.70. The fourth-order valence-corrected chi connectivity index (χ4v) is 2.90. The maximum absolute atomic E-state index is 12.0. The van der Waals surface area contributed by atoms with E-state index in [-0.39, 0.29) is 12.0 Å². The number of nitrogens with one attached hydrogen (secondary N) is 2. The molecule has 0 fully saturated rings. The molecule has 1 aliphatic heterocycles. The minimum absolute atomic E-state index is 0.224. The molecule has 2 rings (SSSR count). The monoisotopic (exact) mass is 282 g/mol. The number of hydrogen-bond acceptors (Lipinski definition) is 4. The highest BCUT2D eigenvalue weighted by Gasteiger charge is 2.31. The predicted octanol–water partition coefficient (Wildman–Crippen LogP) is 2.10. The molecule has 2 heterocycles. The normalized spacial score (nSPS) is 19.2. The number of rotatable bonds is 3. The molecule has 96 valence electrons. The zero-order chi connectivity index (χ0) is 13.1. The van der Waals surface area contributed by atoms with Gasteiger partial charge in [0.05, 0.1) is 18.2 Å². The molecule has 4 nitrogen and oxygen atoms in total. The standard InChI is InChI=1S/C12H14N2O2S2/c1-3-16-11(15)9-7(2)13-12(17)14-10(9)8-5-4-6-18-8/h4-6,10H,3H2,1-2H3,(H2,13,14,17)/t10-/m0/s1. The van der Waals surface area contributed by atoms with Crippen LogP contribution in [0.2, 0.25) is 0 Å². The van der Waals surface area contributed by atoms with Crippen molar-refractivity contribution in [3.05, 3.63) is 33.7 Å². The van der Waals surface area contributed by atoms with E-state index in [4.69, 9.17) is 17.0 Å². The fraction of sp³-hybridized carbons (Fsp3) is 0.333. The Morgan fingerprint density at radius 2 is 2.39 bits per heavy atom. The number of hydrogen-bond donors (Lipinski definition) is 2. The van der Waals surface area contributed by atoms with Crippen molar-refractivity contribution >= 4 is 34.6 Å². The SMILES string of the molecule is CCOC(=O)C1=C(C)NC(=S)N[C@H]1c1cccs1. The van der Waals surface area contributed by atoms with Crippen LogP contribution in [0.15, 0.2) is 28.8 Å². The maximum atomic E-state index is 12.0. The number of esters is 1. The highest BCUT2D eigenvalue weighted by Crippen LogP contribution is 2.30. The van der Waals surface area contributed by atoms with Gasteiger partial charge in [0.15, 0.2) is 5.11 Å². The number of carbonyl (C=O) groups is 1. The summed E-state index contributed by atoms with van der Waals surface area (Å²) in [6.07, 6.45) is 0. The van der Waals surface area contributed by atoms with Crippen LogP contribution in [0.5, 0.6) is 0 Å². The summed E-state index contributed by atoms with van der Waals surface area (Å²) in [7, 11) is 0. The van der Waals surface area contributed by atoms with E-state index in [1.165, 1.54) is 0 Å². The van der Waals surface area contributed by atoms with Gasteiger partial charge >= 0.3 is 5.97 Å². The lowest BCUT2D eigenvalue weighted by Gasteiger charge is -2.28. The van der Waals surface area contributed by atoms with E-state index in [1.807, 2.05) is 24.4 Å². The Hall–Kier alpha value is -1.40. The second kappa shape index (κ2) is 5.49. The third-order valence-electron chi connectivity index (χ3n) is 2.59. The molecule has 0 bridgehead atoms. The number of ether oxygens (including phenoxy) is 1. The van der Waals surface area contributed by atoms with Gasteiger partial charge in [0.25, 0.3) is 0 Å². The van der Waals surface area contributed by atoms with Crippen LogP contribution in [-0.4, -0.2) is 17.7 Å². The summed E-state index contributed by atoms with van der Waals surface area (Å²) in [4.78, 5) is 13.1. The molecule has 18 heavy (non-hydrogen) atoms. The average Bonchev–Trinajstić information content (AvgIpc) is 2.81. The van der Waals surface area contributed by atoms with Gasteiger partial charge in [0.2, 0.25) is 0 Å². The quantitative estimate of drug-likeness (QED) is 0.657. The summed E-state index contributed by atoms with van der Waals surface area (Å²) >= 11 is 6.71. The van der Waals surface area contributed by atoms with Gasteiger partial charge in [-0.2, -0.15) is 0 Å². The summed E-state index contributed by atoms with van der Waals surface area (Å²) in [5, 5.41) is 8.57. The molecule has 0 spiro atoms. The van der Waals surface area contributed by atoms with Crippen LogP contribution in [-0.2, 0) is 9.53 Å². The van der Waals surface area contributed by atoms with Crippen molar-refractivity contribution in [3.8, 4) is 0 Å². The zero-order valence-electron chi connectivity index (χ0n) is 10.1. The van der Waals surface area contributed by atoms with E-state index in [9.17, 15) is 4.79 Å². The Kier molecular flexibility index (Phi) is 3.98. The van der Waals surface area contributed by atoms with Gasteiger partial charge in [-0.05, 0) is 37.5 Å². The van der Waals surface area contributed by atoms with Gasteiger partial charge in [-0.3, -0.25) is 0 Å². The summed E-state index contributed by atoms with van der Waals surface area (Å²) in [5.74, 6) is -0.309. The second-order valence-corrected chi connectivity index (χ2v) is 5.19. The topological polar surface area (TPSA) is 50.4 Å². The molecule has 0 radical (unpaired) electrons. The Bertz CT molecular complexity index is 494. The molecule has 0 aromatic carbocycles. The van der Waals surface area contributed by atoms with Crippen LogP contribution in [0.3, 0.4) is 0 Å². The van der Waals surface area contributed by atoms with E-state index in [1.54, 1.807) is 18.3 Å². The van der Waals surface area contributed by atoms with Crippen molar-refractivity contribution in [1.29, 1.82) is 0 Å². The molecule has 0 saturated heterocycles. The van der Waals surface area contributed by atoms with E-state index >= 15 is 0 Å². The van der Waals surface area contributed by atoms with Crippen molar-refractivity contribution in [2.24, 2.45) is 0 Å². The lowest BCUT2D eigenvalue weighted by molar-refractivity contribution is -0.139. The predicted molar refractivity (Wildman–Crippen MR) is 75.3 cm³/mol. The van der Waals surface area contributed by atoms with Gasteiger partial charge in [-0.15, -0.1) is 11.3 Å². The first kappa shape index (κ1) is 13.0. The van der Waals surface area contributed by atoms with Gasteiger partial charge in [0.1, 0.15) is 0 Å². The number of allylic oxidation sites excluding steroid dienone is 1. The molecule has 6 heteroatoms. The van der Waals surface area contributed by atoms with E-state index < -0.39 is 0 Å². The fourth-order valence-electron chi connectivity index (χ4n) is 1.84. The molecule has 0 amide bonds. The molecule has 2 N–H and O–H groups in total. The third kappa shape index (κ3) is 2.54. The second-order valence-electron chi connectivity index (χ2n) is 3.81. The number of thiophene rings is 1. The van der Waals surface area contributed by atoms with Crippen LogP contribution < -0.4 is 10.6 Å². The Morgan fingerprint density at radius 1 is 1.61 bits per heavy atom. The number of thiocarbonyl (C=S) groups is 1. The third-order valence-corrected chi connectivity index (χ3v) is 3.75. The van der Waals surface area contributed by atoms with E-state index in [0.29, 0.717) is 17.3 Å². The van der Waals surface area contributed by atoms with Crippen molar-refractivity contribution in [2.75, 3.05) is 6.61 Å². The lowest BCUT2D eigenvalue weighted by Crippen LogP contribution is -2.44. The van der Waals surface area contributed by atoms with Crippen LogP contribution >= 0.6 is 23.6 Å². The van der Waals surface area contributed by atoms with Gasteiger partial charge < -0.3 is 15.4 Å². The van der Waals surface area contributed by atoms with Crippen molar-refractivity contribution in [1.82, 2.24) is 10.6 Å². The molecular weight excluding hydrogens is 268 g/mol. The molecular formula is C12H14N2O2S2. The van der Waals surface area contributed by atoms with Crippen LogP contribution in [0, 0.1) is 0 Å². The number of carbonyl (C=O) groups excluding carboxylic acids is 1. The first-order valence-corrected chi connectivity index (χ1v) is 6.91. The molecule has 1 aliphatic rings. The van der Waals surface area contributed by atoms with Crippen molar-refractivity contribution in [3.63, 3.8) is 0 Å². The van der Waals surface area contributed by atoms with Crippen LogP contribution in [0.25, 0.3) is 0 Å². The Labute approximate surface area is 115 Å². The molecule has 0 saturated carbocycles. The Balaban J connectivity index is 2.38. The van der Waals surface area contributed by atoms with Crippen LogP contribution in [0.1, 0.15) is 24.8 Å². The average molecular weight is 282 g/mol. The molecule has 1 aromatic heterocycles. The minimum atomic E-state index is -0.309. The largest absolute Gasteiger partial charge is 0.463 e. The zero-order valence-corrected chi connectivity index (χ0v) is 11.8. The highest BCUT2D eigenvalue weighted by atomic mass is 32.1. The van der Waals surface area contributed by atoms with Crippen LogP contribution in [0.4, 0.5) is 0 Å². The Morgan fingerprint density at radius 3 is 3.00 bits per heavy atom.